The van der Waals surface area contributed by atoms with Gasteiger partial charge in [-0.3, -0.25) is 0 Å². The number of ether oxygens (including phenoxy) is 1. The topological polar surface area (TPSA) is 33.0 Å². The van der Waals surface area contributed by atoms with Crippen molar-refractivity contribution in [2.75, 3.05) is 7.04 Å². The van der Waals surface area contributed by atoms with E-state index < -0.39 is 7.04 Å². The van der Waals surface area contributed by atoms with Crippen LogP contribution in [0.2, 0.25) is 0 Å². The molecule has 0 unspecified atom stereocenters. The molecule has 1 rings (SSSR count). The molecule has 0 atom stereocenters. The number of nitrogens with zero attached hydrogens (tertiary/aromatic N) is 1. The van der Waals surface area contributed by atoms with E-state index in [4.69, 9.17) is 14.1 Å². The predicted octanol–water partition coefficient (Wildman–Crippen LogP) is 1.88. The molecule has 0 spiro atoms. The summed E-state index contributed by atoms with van der Waals surface area (Å²) < 4.78 is 25.5. The van der Waals surface area contributed by atoms with Crippen LogP contribution in [-0.2, 0) is 0 Å². The van der Waals surface area contributed by atoms with Gasteiger partial charge in [0.1, 0.15) is 5.75 Å². The zero-order chi connectivity index (χ0) is 10.8. The lowest BCUT2D eigenvalue weighted by molar-refractivity contribution is 0.411. The second-order valence-corrected chi connectivity index (χ2v) is 2.19. The second-order valence-electron chi connectivity index (χ2n) is 2.19. The molecule has 2 heteroatoms. The molecule has 0 amide bonds. The van der Waals surface area contributed by atoms with Crippen LogP contribution in [0.15, 0.2) is 18.2 Å². The van der Waals surface area contributed by atoms with Gasteiger partial charge in [-0.15, -0.1) is 0 Å². The monoisotopic (exact) mass is 150 g/mol. The molecule has 0 radical (unpaired) electrons. The predicted molar refractivity (Wildman–Crippen MR) is 42.4 cm³/mol. The number of benzene rings is 1. The minimum atomic E-state index is -2.45. The Bertz CT molecular complexity index is 379. The summed E-state index contributed by atoms with van der Waals surface area (Å²) in [6.07, 6.45) is 0. The molecular formula is C9H9NO. The maximum absolute atomic E-state index is 8.58. The smallest absolute Gasteiger partial charge is 0.121 e. The van der Waals surface area contributed by atoms with Crippen molar-refractivity contribution >= 4 is 0 Å². The molecule has 0 aliphatic rings. The molecule has 0 aliphatic heterocycles. The van der Waals surface area contributed by atoms with Gasteiger partial charge in [0.2, 0.25) is 0 Å². The quantitative estimate of drug-likeness (QED) is 0.612. The van der Waals surface area contributed by atoms with Crippen molar-refractivity contribution in [3.8, 4) is 11.8 Å². The molecule has 1 aromatic rings. The van der Waals surface area contributed by atoms with Gasteiger partial charge < -0.3 is 4.74 Å². The number of hydrogen-bond acceptors (Lipinski definition) is 2. The highest BCUT2D eigenvalue weighted by Gasteiger charge is 1.97. The number of nitriles is 1. The van der Waals surface area contributed by atoms with Crippen LogP contribution in [0.1, 0.15) is 15.2 Å². The maximum Gasteiger partial charge on any atom is 0.121 e. The first-order valence-corrected chi connectivity index (χ1v) is 3.12. The van der Waals surface area contributed by atoms with Crippen molar-refractivity contribution in [3.05, 3.63) is 29.3 Å². The van der Waals surface area contributed by atoms with Crippen LogP contribution in [0.3, 0.4) is 0 Å². The third kappa shape index (κ3) is 1.50. The molecule has 1 aromatic carbocycles. The van der Waals surface area contributed by atoms with Crippen molar-refractivity contribution in [2.45, 2.75) is 6.92 Å². The number of methoxy groups -OCH3 is 1. The highest BCUT2D eigenvalue weighted by atomic mass is 16.5. The van der Waals surface area contributed by atoms with Gasteiger partial charge in [-0.05, 0) is 30.7 Å². The molecule has 0 aliphatic carbocycles. The molecule has 0 aromatic heterocycles. The Hall–Kier alpha value is -1.49. The van der Waals surface area contributed by atoms with Crippen molar-refractivity contribution in [2.24, 2.45) is 0 Å². The Labute approximate surface area is 70.2 Å². The highest BCUT2D eigenvalue weighted by Crippen LogP contribution is 2.17. The van der Waals surface area contributed by atoms with Crippen molar-refractivity contribution in [1.82, 2.24) is 0 Å². The van der Waals surface area contributed by atoms with Crippen molar-refractivity contribution in [1.29, 1.82) is 5.26 Å². The van der Waals surface area contributed by atoms with Gasteiger partial charge >= 0.3 is 0 Å². The Balaban J connectivity index is 2.97. The first kappa shape index (κ1) is 4.40. The third-order valence-electron chi connectivity index (χ3n) is 1.41. The van der Waals surface area contributed by atoms with Crippen molar-refractivity contribution < 1.29 is 8.85 Å². The van der Waals surface area contributed by atoms with Gasteiger partial charge in [-0.1, -0.05) is 0 Å². The lowest BCUT2D eigenvalue weighted by Crippen LogP contribution is -1.86. The van der Waals surface area contributed by atoms with E-state index in [9.17, 15) is 0 Å². The molecular weight excluding hydrogens is 138 g/mol. The molecule has 0 saturated carbocycles. The molecule has 2 nitrogen and oxygen atoms in total. The minimum absolute atomic E-state index is 0.281. The van der Waals surface area contributed by atoms with E-state index in [1.807, 2.05) is 6.07 Å². The van der Waals surface area contributed by atoms with Crippen LogP contribution >= 0.6 is 0 Å². The van der Waals surface area contributed by atoms with E-state index in [-0.39, 0.29) is 5.75 Å². The summed E-state index contributed by atoms with van der Waals surface area (Å²) in [5, 5.41) is 8.58. The van der Waals surface area contributed by atoms with Crippen molar-refractivity contribution in [3.63, 3.8) is 0 Å². The van der Waals surface area contributed by atoms with E-state index in [1.54, 1.807) is 13.0 Å². The van der Waals surface area contributed by atoms with Gasteiger partial charge in [-0.25, -0.2) is 0 Å². The van der Waals surface area contributed by atoms with Crippen LogP contribution in [-0.4, -0.2) is 7.04 Å². The van der Waals surface area contributed by atoms with E-state index >= 15 is 0 Å². The van der Waals surface area contributed by atoms with Gasteiger partial charge in [0.25, 0.3) is 0 Å². The first-order chi connectivity index (χ1) is 6.42. The Morgan fingerprint density at radius 2 is 2.45 bits per heavy atom. The van der Waals surface area contributed by atoms with Gasteiger partial charge in [-0.2, -0.15) is 5.26 Å². The molecule has 0 fully saturated rings. The summed E-state index contributed by atoms with van der Waals surface area (Å²) in [4.78, 5) is 0. The molecule has 0 bridgehead atoms. The second kappa shape index (κ2) is 3.07. The first-order valence-electron chi connectivity index (χ1n) is 4.62. The highest BCUT2D eigenvalue weighted by molar-refractivity contribution is 5.40. The van der Waals surface area contributed by atoms with Crippen LogP contribution in [0, 0.1) is 18.3 Å². The number of hydrogen-bond donors (Lipinski definition) is 0. The van der Waals surface area contributed by atoms with E-state index in [1.165, 1.54) is 12.1 Å². The molecule has 56 valence electrons. The fourth-order valence-corrected chi connectivity index (χ4v) is 0.833. The summed E-state index contributed by atoms with van der Waals surface area (Å²) in [5.74, 6) is 0.281. The average molecular weight is 150 g/mol. The van der Waals surface area contributed by atoms with Gasteiger partial charge in [0.05, 0.1) is 22.8 Å². The summed E-state index contributed by atoms with van der Waals surface area (Å²) in [5.41, 5.74) is 1.13. The zero-order valence-electron chi connectivity index (χ0n) is 9.09. The van der Waals surface area contributed by atoms with Gasteiger partial charge in [0, 0.05) is 0 Å². The van der Waals surface area contributed by atoms with Gasteiger partial charge in [0.15, 0.2) is 0 Å². The van der Waals surface area contributed by atoms with E-state index in [0.29, 0.717) is 11.1 Å². The molecule has 0 N–H and O–H groups in total. The maximum atomic E-state index is 8.58. The zero-order valence-corrected chi connectivity index (χ0v) is 6.09. The van der Waals surface area contributed by atoms with Crippen LogP contribution in [0.25, 0.3) is 0 Å². The average Bonchev–Trinajstić information content (AvgIpc) is 2.06. The fourth-order valence-electron chi connectivity index (χ4n) is 0.833. The summed E-state index contributed by atoms with van der Waals surface area (Å²) in [6, 6.07) is 6.55. The molecule has 0 saturated heterocycles. The normalized spacial score (nSPS) is 14.0. The van der Waals surface area contributed by atoms with Crippen LogP contribution < -0.4 is 4.74 Å². The molecule has 11 heavy (non-hydrogen) atoms. The third-order valence-corrected chi connectivity index (χ3v) is 1.41. The van der Waals surface area contributed by atoms with Crippen LogP contribution in [0.5, 0.6) is 5.75 Å². The number of rotatable bonds is 1. The van der Waals surface area contributed by atoms with Crippen LogP contribution in [0.4, 0.5) is 0 Å². The lowest BCUT2D eigenvalue weighted by atomic mass is 10.1. The summed E-state index contributed by atoms with van der Waals surface area (Å²) >= 11 is 0. The Kier molecular flexibility index (Phi) is 1.23. The van der Waals surface area contributed by atoms with E-state index in [2.05, 4.69) is 0 Å². The standard InChI is InChI=1S/C9H9NO/c1-7-5-8(6-10)3-4-9(7)11-2/h3-5H,1-2H3/i2D3. The lowest BCUT2D eigenvalue weighted by Gasteiger charge is -2.02. The minimum Gasteiger partial charge on any atom is -0.496 e. The fraction of sp³-hybridized carbons (Fsp3) is 0.222. The molecule has 0 heterocycles. The summed E-state index contributed by atoms with van der Waals surface area (Å²) in [7, 11) is -2.45. The number of aryl methyl sites for hydroxylation is 1. The Morgan fingerprint density at radius 3 is 3.00 bits per heavy atom. The largest absolute Gasteiger partial charge is 0.496 e. The summed E-state index contributed by atoms with van der Waals surface area (Å²) in [6.45, 7) is 1.70. The SMILES string of the molecule is [2H]C([2H])([2H])Oc1ccc(C#N)cc1C. The van der Waals surface area contributed by atoms with E-state index in [0.717, 1.165) is 0 Å². The Morgan fingerprint density at radius 1 is 1.64 bits per heavy atom.